The molecule has 38 heavy (non-hydrogen) atoms. The standard InChI is InChI=1S/C30H42N6O2/c1-3-4-9-26-22(2)34-21-35-29(26)27-19-23(18-25(10-12-31)24-7-5-6-8-24)11-13-32-30(27)33-20-28(37)36-14-16-38-17-15-36/h4,9,19,21,23-25H,3,5-8,10-11,13-18,20H2,1-2H3,(H,32,33)/b9-4-. The molecule has 0 bridgehead atoms. The highest BCUT2D eigenvalue weighted by atomic mass is 16.5. The van der Waals surface area contributed by atoms with Crippen LogP contribution in [0.2, 0.25) is 0 Å². The van der Waals surface area contributed by atoms with Crippen LogP contribution in [-0.2, 0) is 9.53 Å². The number of aromatic nitrogens is 2. The molecule has 1 aliphatic carbocycles. The van der Waals surface area contributed by atoms with Crippen molar-refractivity contribution < 1.29 is 9.53 Å². The Morgan fingerprint density at radius 3 is 2.79 bits per heavy atom. The van der Waals surface area contributed by atoms with Crippen molar-refractivity contribution in [3.05, 3.63) is 35.4 Å². The number of amidine groups is 1. The molecule has 0 aromatic carbocycles. The monoisotopic (exact) mass is 518 g/mol. The number of nitrogens with zero attached hydrogens (tertiary/aromatic N) is 5. The SMILES string of the molecule is CC/C=C\c1c(C)ncnc1C1=CC(CC(CC#N)C2CCCC2)CCN=C1NCC(=O)N1CCOCC1. The molecule has 8 nitrogen and oxygen atoms in total. The molecule has 1 N–H and O–H groups in total. The molecule has 3 heterocycles. The molecule has 8 heteroatoms. The summed E-state index contributed by atoms with van der Waals surface area (Å²) in [5.41, 5.74) is 3.68. The van der Waals surface area contributed by atoms with Crippen LogP contribution in [0.4, 0.5) is 0 Å². The molecule has 4 rings (SSSR count). The van der Waals surface area contributed by atoms with Crippen molar-refractivity contribution in [2.24, 2.45) is 22.7 Å². The first kappa shape index (κ1) is 28.0. The fraction of sp³-hybridized carbons (Fsp3) is 0.633. The van der Waals surface area contributed by atoms with Gasteiger partial charge in [-0.25, -0.2) is 9.97 Å². The van der Waals surface area contributed by atoms with E-state index in [1.807, 2.05) is 11.8 Å². The predicted molar refractivity (Wildman–Crippen MR) is 150 cm³/mol. The molecule has 1 aromatic heterocycles. The molecule has 1 saturated heterocycles. The van der Waals surface area contributed by atoms with E-state index in [1.165, 1.54) is 25.7 Å². The normalized spacial score (nSPS) is 21.5. The number of nitrogens with one attached hydrogen (secondary N) is 1. The van der Waals surface area contributed by atoms with E-state index < -0.39 is 0 Å². The number of nitriles is 1. The van der Waals surface area contributed by atoms with Gasteiger partial charge in [-0.05, 0) is 43.9 Å². The number of aliphatic imine (C=N–C) groups is 1. The zero-order valence-electron chi connectivity index (χ0n) is 23.0. The third-order valence-corrected chi connectivity index (χ3v) is 8.08. The van der Waals surface area contributed by atoms with Crippen LogP contribution in [0, 0.1) is 36.0 Å². The third-order valence-electron chi connectivity index (χ3n) is 8.08. The first-order valence-corrected chi connectivity index (χ1v) is 14.3. The van der Waals surface area contributed by atoms with Crippen LogP contribution in [0.25, 0.3) is 11.6 Å². The first-order valence-electron chi connectivity index (χ1n) is 14.3. The van der Waals surface area contributed by atoms with Crippen molar-refractivity contribution in [1.82, 2.24) is 20.2 Å². The number of hydrogen-bond acceptors (Lipinski definition) is 7. The van der Waals surface area contributed by atoms with E-state index >= 15 is 0 Å². The van der Waals surface area contributed by atoms with E-state index in [-0.39, 0.29) is 12.5 Å². The maximum atomic E-state index is 12.9. The molecule has 2 unspecified atom stereocenters. The van der Waals surface area contributed by atoms with Gasteiger partial charge in [0.25, 0.3) is 0 Å². The summed E-state index contributed by atoms with van der Waals surface area (Å²) in [4.78, 5) is 28.9. The summed E-state index contributed by atoms with van der Waals surface area (Å²) in [7, 11) is 0. The Kier molecular flexibility index (Phi) is 10.5. The predicted octanol–water partition coefficient (Wildman–Crippen LogP) is 4.57. The third kappa shape index (κ3) is 7.28. The van der Waals surface area contributed by atoms with E-state index in [0.717, 1.165) is 47.6 Å². The van der Waals surface area contributed by atoms with Crippen molar-refractivity contribution in [2.45, 2.75) is 65.2 Å². The lowest BCUT2D eigenvalue weighted by atomic mass is 9.80. The van der Waals surface area contributed by atoms with Crippen LogP contribution in [0.5, 0.6) is 0 Å². The number of rotatable bonds is 9. The lowest BCUT2D eigenvalue weighted by molar-refractivity contribution is -0.133. The van der Waals surface area contributed by atoms with Gasteiger partial charge in [-0.15, -0.1) is 0 Å². The van der Waals surface area contributed by atoms with Gasteiger partial charge in [-0.3, -0.25) is 9.79 Å². The van der Waals surface area contributed by atoms with E-state index in [9.17, 15) is 10.1 Å². The summed E-state index contributed by atoms with van der Waals surface area (Å²) in [6.07, 6.45) is 16.6. The average Bonchev–Trinajstić information content (AvgIpc) is 3.40. The summed E-state index contributed by atoms with van der Waals surface area (Å²) in [6.45, 7) is 7.38. The molecule has 3 aliphatic rings. The summed E-state index contributed by atoms with van der Waals surface area (Å²) >= 11 is 0. The maximum absolute atomic E-state index is 12.9. The second kappa shape index (κ2) is 14.2. The van der Waals surface area contributed by atoms with Gasteiger partial charge >= 0.3 is 0 Å². The molecule has 2 fully saturated rings. The number of hydrogen-bond donors (Lipinski definition) is 1. The first-order chi connectivity index (χ1) is 18.6. The Bertz CT molecular complexity index is 1080. The van der Waals surface area contributed by atoms with Crippen LogP contribution in [0.1, 0.15) is 75.2 Å². The summed E-state index contributed by atoms with van der Waals surface area (Å²) < 4.78 is 5.40. The highest BCUT2D eigenvalue weighted by molar-refractivity contribution is 6.23. The van der Waals surface area contributed by atoms with Crippen LogP contribution < -0.4 is 5.32 Å². The van der Waals surface area contributed by atoms with Crippen LogP contribution in [-0.4, -0.2) is 66.0 Å². The largest absolute Gasteiger partial charge is 0.378 e. The van der Waals surface area contributed by atoms with E-state index in [1.54, 1.807) is 6.33 Å². The van der Waals surface area contributed by atoms with Crippen LogP contribution in [0.15, 0.2) is 23.5 Å². The Balaban J connectivity index is 1.63. The maximum Gasteiger partial charge on any atom is 0.242 e. The minimum absolute atomic E-state index is 0.0523. The molecule has 204 valence electrons. The lowest BCUT2D eigenvalue weighted by Gasteiger charge is -2.27. The molecular weight excluding hydrogens is 476 g/mol. The fourth-order valence-electron chi connectivity index (χ4n) is 5.95. The Morgan fingerprint density at radius 1 is 1.26 bits per heavy atom. The average molecular weight is 519 g/mol. The zero-order chi connectivity index (χ0) is 26.7. The van der Waals surface area contributed by atoms with Gasteiger partial charge in [-0.2, -0.15) is 5.26 Å². The van der Waals surface area contributed by atoms with E-state index in [4.69, 9.17) is 14.7 Å². The van der Waals surface area contributed by atoms with Crippen LogP contribution in [0.3, 0.4) is 0 Å². The number of allylic oxidation sites excluding steroid dienone is 2. The molecule has 1 amide bonds. The minimum Gasteiger partial charge on any atom is -0.378 e. The number of morpholine rings is 1. The smallest absolute Gasteiger partial charge is 0.242 e. The van der Waals surface area contributed by atoms with E-state index in [0.29, 0.717) is 57.0 Å². The topological polar surface area (TPSA) is 104 Å². The second-order valence-corrected chi connectivity index (χ2v) is 10.6. The van der Waals surface area contributed by atoms with Crippen molar-refractivity contribution in [3.63, 3.8) is 0 Å². The molecular formula is C30H42N6O2. The van der Waals surface area contributed by atoms with Gasteiger partial charge in [0.1, 0.15) is 12.2 Å². The molecule has 2 aliphatic heterocycles. The fourth-order valence-corrected chi connectivity index (χ4v) is 5.95. The van der Waals surface area contributed by atoms with Gasteiger partial charge in [0.15, 0.2) is 0 Å². The highest BCUT2D eigenvalue weighted by Crippen LogP contribution is 2.38. The quantitative estimate of drug-likeness (QED) is 0.514. The number of ether oxygens (including phenoxy) is 1. The molecule has 0 radical (unpaired) electrons. The lowest BCUT2D eigenvalue weighted by Crippen LogP contribution is -2.45. The van der Waals surface area contributed by atoms with Crippen molar-refractivity contribution in [2.75, 3.05) is 39.4 Å². The minimum atomic E-state index is 0.0523. The van der Waals surface area contributed by atoms with Gasteiger partial charge in [0.2, 0.25) is 5.91 Å². The molecule has 1 saturated carbocycles. The van der Waals surface area contributed by atoms with Crippen molar-refractivity contribution in [3.8, 4) is 6.07 Å². The molecule has 2 atom stereocenters. The van der Waals surface area contributed by atoms with Gasteiger partial charge in [0.05, 0.1) is 31.5 Å². The Hall–Kier alpha value is -3.05. The number of carbonyl (C=O) groups is 1. The Labute approximate surface area is 227 Å². The van der Waals surface area contributed by atoms with Gasteiger partial charge < -0.3 is 15.0 Å². The Morgan fingerprint density at radius 2 is 2.05 bits per heavy atom. The number of amides is 1. The van der Waals surface area contributed by atoms with Gasteiger partial charge in [-0.1, -0.05) is 50.8 Å². The number of aryl methyl sites for hydroxylation is 1. The van der Waals surface area contributed by atoms with Gasteiger partial charge in [0, 0.05) is 42.9 Å². The van der Waals surface area contributed by atoms with Crippen molar-refractivity contribution >= 4 is 23.4 Å². The molecule has 0 spiro atoms. The van der Waals surface area contributed by atoms with E-state index in [2.05, 4.69) is 41.5 Å². The zero-order valence-corrected chi connectivity index (χ0v) is 23.0. The second-order valence-electron chi connectivity index (χ2n) is 10.6. The summed E-state index contributed by atoms with van der Waals surface area (Å²) in [5.74, 6) is 2.12. The van der Waals surface area contributed by atoms with Crippen molar-refractivity contribution in [1.29, 1.82) is 5.26 Å². The highest BCUT2D eigenvalue weighted by Gasteiger charge is 2.29. The van der Waals surface area contributed by atoms with Crippen LogP contribution >= 0.6 is 0 Å². The number of carbonyl (C=O) groups excluding carboxylic acids is 1. The summed E-state index contributed by atoms with van der Waals surface area (Å²) in [5, 5.41) is 12.9. The summed E-state index contributed by atoms with van der Waals surface area (Å²) in [6, 6.07) is 2.46. The molecule has 1 aromatic rings.